The number of nitrogens with zero attached hydrogens (tertiary/aromatic N) is 1. The number of allylic oxidation sites excluding steroid dienone is 2. The zero-order valence-electron chi connectivity index (χ0n) is 38.2. The Bertz CT molecular complexity index is 1640. The number of rotatable bonds is 14. The third-order valence-electron chi connectivity index (χ3n) is 18.0. The Kier molecular flexibility index (Phi) is 13.5. The van der Waals surface area contributed by atoms with Crippen molar-refractivity contribution < 1.29 is 14.4 Å². The fourth-order valence-corrected chi connectivity index (χ4v) is 13.6. The molecule has 57 heavy (non-hydrogen) atoms. The number of ketones is 2. The van der Waals surface area contributed by atoms with Gasteiger partial charge in [0.15, 0.2) is 11.6 Å². The molecule has 1 aromatic rings. The number of fused-ring (bicyclic) bond motifs is 5. The lowest BCUT2D eigenvalue weighted by molar-refractivity contribution is -0.160. The first-order valence-electron chi connectivity index (χ1n) is 23.8. The van der Waals surface area contributed by atoms with E-state index in [0.29, 0.717) is 47.1 Å². The molecule has 4 aliphatic carbocycles. The molecule has 5 aliphatic rings. The van der Waals surface area contributed by atoms with Crippen LogP contribution in [0, 0.1) is 62.6 Å². The fraction of sp³-hybridized carbons (Fsp3) is 0.788. The summed E-state index contributed by atoms with van der Waals surface area (Å²) in [5.74, 6) is 3.23. The quantitative estimate of drug-likeness (QED) is 0.151. The second-order valence-electron chi connectivity index (χ2n) is 22.2. The summed E-state index contributed by atoms with van der Waals surface area (Å²) in [6, 6.07) is 7.47. The van der Waals surface area contributed by atoms with Crippen molar-refractivity contribution in [2.24, 2.45) is 62.6 Å². The molecule has 0 aromatic heterocycles. The summed E-state index contributed by atoms with van der Waals surface area (Å²) in [6.45, 7) is 28.2. The Balaban J connectivity index is 1.17. The molecular weight excluding hydrogens is 701 g/mol. The van der Waals surface area contributed by atoms with Gasteiger partial charge in [-0.15, -0.1) is 0 Å². The fourth-order valence-electron chi connectivity index (χ4n) is 13.6. The van der Waals surface area contributed by atoms with Crippen LogP contribution in [-0.2, 0) is 4.79 Å². The largest absolute Gasteiger partial charge is 0.354 e. The third-order valence-corrected chi connectivity index (χ3v) is 18.0. The predicted octanol–water partition coefficient (Wildman–Crippen LogP) is 12.5. The minimum Gasteiger partial charge on any atom is -0.354 e. The van der Waals surface area contributed by atoms with E-state index < -0.39 is 0 Å². The monoisotopic (exact) mass is 783 g/mol. The average molecular weight is 783 g/mol. The van der Waals surface area contributed by atoms with Gasteiger partial charge in [-0.3, -0.25) is 14.4 Å². The molecule has 1 aliphatic heterocycles. The van der Waals surface area contributed by atoms with Gasteiger partial charge in [-0.1, -0.05) is 112 Å². The van der Waals surface area contributed by atoms with E-state index in [0.717, 1.165) is 83.3 Å². The van der Waals surface area contributed by atoms with Crippen LogP contribution in [0.3, 0.4) is 0 Å². The Morgan fingerprint density at radius 1 is 0.895 bits per heavy atom. The summed E-state index contributed by atoms with van der Waals surface area (Å²) >= 11 is 0. The molecule has 318 valence electrons. The molecule has 1 amide bonds. The van der Waals surface area contributed by atoms with Crippen LogP contribution in [0.5, 0.6) is 0 Å². The van der Waals surface area contributed by atoms with E-state index in [1.807, 2.05) is 31.2 Å². The van der Waals surface area contributed by atoms with Crippen LogP contribution >= 0.6 is 0 Å². The van der Waals surface area contributed by atoms with Gasteiger partial charge in [0.25, 0.3) is 0 Å². The molecule has 4 fully saturated rings. The van der Waals surface area contributed by atoms with Crippen LogP contribution in [0.25, 0.3) is 0 Å². The molecule has 6 rings (SSSR count). The van der Waals surface area contributed by atoms with Crippen LogP contribution in [0.1, 0.15) is 193 Å². The molecule has 1 aromatic carbocycles. The van der Waals surface area contributed by atoms with Crippen molar-refractivity contribution >= 4 is 17.5 Å². The van der Waals surface area contributed by atoms with Gasteiger partial charge in [0.1, 0.15) is 0 Å². The molecule has 3 saturated carbocycles. The van der Waals surface area contributed by atoms with Crippen molar-refractivity contribution in [1.82, 2.24) is 10.2 Å². The van der Waals surface area contributed by atoms with Gasteiger partial charge in [-0.25, -0.2) is 0 Å². The van der Waals surface area contributed by atoms with Gasteiger partial charge >= 0.3 is 0 Å². The number of hydrogen-bond acceptors (Lipinski definition) is 4. The summed E-state index contributed by atoms with van der Waals surface area (Å²) < 4.78 is 0. The van der Waals surface area contributed by atoms with Gasteiger partial charge in [-0.05, 0) is 154 Å². The first-order chi connectivity index (χ1) is 26.9. The van der Waals surface area contributed by atoms with Crippen LogP contribution in [0.15, 0.2) is 35.9 Å². The number of carbonyl (C=O) groups excluding carboxylic acids is 3. The average Bonchev–Trinajstić information content (AvgIpc) is 3.39. The van der Waals surface area contributed by atoms with Gasteiger partial charge in [0.2, 0.25) is 5.91 Å². The molecule has 10 unspecified atom stereocenters. The van der Waals surface area contributed by atoms with Crippen molar-refractivity contribution in [3.05, 3.63) is 47.0 Å². The molecule has 5 heteroatoms. The highest BCUT2D eigenvalue weighted by Gasteiger charge is 2.66. The molecular formula is C52H82N2O3. The molecule has 0 radical (unpaired) electrons. The number of benzene rings is 1. The zero-order chi connectivity index (χ0) is 41.4. The molecule has 1 N–H and O–H groups in total. The van der Waals surface area contributed by atoms with Crippen LogP contribution in [-0.4, -0.2) is 48.6 Å². The van der Waals surface area contributed by atoms with Crippen LogP contribution in [0.2, 0.25) is 0 Å². The van der Waals surface area contributed by atoms with Crippen molar-refractivity contribution in [3.63, 3.8) is 0 Å². The molecule has 10 atom stereocenters. The number of hydrogen-bond donors (Lipinski definition) is 1. The number of carbonyl (C=O) groups is 3. The summed E-state index contributed by atoms with van der Waals surface area (Å²) in [5.41, 5.74) is 3.30. The minimum atomic E-state index is -0.282. The summed E-state index contributed by atoms with van der Waals surface area (Å²) in [4.78, 5) is 43.9. The zero-order valence-corrected chi connectivity index (χ0v) is 38.2. The highest BCUT2D eigenvalue weighted by Crippen LogP contribution is 2.73. The van der Waals surface area contributed by atoms with Gasteiger partial charge < -0.3 is 10.2 Å². The number of Topliss-reactive ketones (excluding diaryl/α,β-unsaturated/α-hetero) is 2. The molecule has 0 bridgehead atoms. The van der Waals surface area contributed by atoms with E-state index in [-0.39, 0.29) is 44.6 Å². The van der Waals surface area contributed by atoms with E-state index in [2.05, 4.69) is 78.6 Å². The minimum absolute atomic E-state index is 0.0785. The second-order valence-corrected chi connectivity index (χ2v) is 22.2. The lowest BCUT2D eigenvalue weighted by Gasteiger charge is -2.69. The van der Waals surface area contributed by atoms with E-state index >= 15 is 0 Å². The standard InChI is InChI=1S/C52H82N2O3/c1-11-15-44(55)40-17-12-13-18-41(40)46(56)38(4)34-37(3)21-24-49(8)39(5)22-25-51(10)45(49)20-19-42-43-35-48(6,7)26-28-52(43,29-27-50(42,51)9)47(57)53-30-33-54-31-14-16-36(2)23-32-54/h12-13,17-19,36-39,43,45H,11,14-16,20-35H2,1-10H3,(H,53,57). The Morgan fingerprint density at radius 2 is 1.61 bits per heavy atom. The summed E-state index contributed by atoms with van der Waals surface area (Å²) in [6.07, 6.45) is 20.0. The smallest absolute Gasteiger partial charge is 0.226 e. The molecule has 1 heterocycles. The topological polar surface area (TPSA) is 66.5 Å². The van der Waals surface area contributed by atoms with Gasteiger partial charge in [0, 0.05) is 36.6 Å². The van der Waals surface area contributed by atoms with Crippen molar-refractivity contribution in [1.29, 1.82) is 0 Å². The summed E-state index contributed by atoms with van der Waals surface area (Å²) in [7, 11) is 0. The summed E-state index contributed by atoms with van der Waals surface area (Å²) in [5, 5.41) is 3.57. The van der Waals surface area contributed by atoms with Crippen LogP contribution < -0.4 is 5.32 Å². The number of amides is 1. The first-order valence-corrected chi connectivity index (χ1v) is 23.8. The first kappa shape index (κ1) is 44.3. The Morgan fingerprint density at radius 3 is 2.35 bits per heavy atom. The van der Waals surface area contributed by atoms with Gasteiger partial charge in [0.05, 0.1) is 5.41 Å². The number of nitrogens with one attached hydrogen (secondary N) is 1. The highest BCUT2D eigenvalue weighted by molar-refractivity contribution is 6.09. The van der Waals surface area contributed by atoms with E-state index in [9.17, 15) is 14.4 Å². The lowest BCUT2D eigenvalue weighted by atomic mass is 9.35. The van der Waals surface area contributed by atoms with Crippen molar-refractivity contribution in [2.45, 2.75) is 172 Å². The predicted molar refractivity (Wildman–Crippen MR) is 236 cm³/mol. The normalized spacial score (nSPS) is 36.4. The van der Waals surface area contributed by atoms with E-state index in [4.69, 9.17) is 0 Å². The molecule has 0 spiro atoms. The third kappa shape index (κ3) is 8.54. The number of likely N-dealkylation sites (tertiary alicyclic amines) is 1. The van der Waals surface area contributed by atoms with E-state index in [1.54, 1.807) is 5.57 Å². The Labute approximate surface area is 348 Å². The Hall–Kier alpha value is -2.27. The molecule has 5 nitrogen and oxygen atoms in total. The maximum absolute atomic E-state index is 14.6. The van der Waals surface area contributed by atoms with Crippen molar-refractivity contribution in [2.75, 3.05) is 26.2 Å². The van der Waals surface area contributed by atoms with Crippen LogP contribution in [0.4, 0.5) is 0 Å². The highest BCUT2D eigenvalue weighted by atomic mass is 16.2. The SMILES string of the molecule is CCCC(=O)c1ccccc1C(=O)C(C)CC(C)CCC1(C)C(C)CCC2(C)C1CC=C1C3CC(C)(C)CCC3(C(=O)NCCN3CCCC(C)CC3)CCC12C. The van der Waals surface area contributed by atoms with E-state index in [1.165, 1.54) is 45.1 Å². The maximum Gasteiger partial charge on any atom is 0.226 e. The maximum atomic E-state index is 14.6. The van der Waals surface area contributed by atoms with Crippen molar-refractivity contribution in [3.8, 4) is 0 Å². The second kappa shape index (κ2) is 17.4. The lowest BCUT2D eigenvalue weighted by Crippen LogP contribution is -2.63. The molecule has 1 saturated heterocycles. The van der Waals surface area contributed by atoms with Gasteiger partial charge in [-0.2, -0.15) is 0 Å².